The summed E-state index contributed by atoms with van der Waals surface area (Å²) in [5.74, 6) is -9.33. The summed E-state index contributed by atoms with van der Waals surface area (Å²) in [7, 11) is 0. The number of amides is 2. The zero-order valence-electron chi connectivity index (χ0n) is 11.5. The SMILES string of the molecule is C=C(C)C(=O)NCCNC(=O)c1c(F)c(F)c(N)c(F)c1F. The van der Waals surface area contributed by atoms with E-state index in [9.17, 15) is 27.2 Å². The molecule has 2 amide bonds. The van der Waals surface area contributed by atoms with Gasteiger partial charge in [0.2, 0.25) is 5.91 Å². The molecule has 5 nitrogen and oxygen atoms in total. The first-order valence-corrected chi connectivity index (χ1v) is 6.01. The van der Waals surface area contributed by atoms with E-state index in [0.717, 1.165) is 0 Å². The van der Waals surface area contributed by atoms with Crippen molar-refractivity contribution in [3.8, 4) is 0 Å². The standard InChI is InChI=1S/C13H13F4N3O2/c1-5(2)12(21)19-3-4-20-13(22)6-7(14)9(16)11(18)10(17)8(6)15/h1,3-4,18H2,2H3,(H,19,21)(H,20,22). The molecule has 0 bridgehead atoms. The maximum atomic E-state index is 13.5. The summed E-state index contributed by atoms with van der Waals surface area (Å²) in [5, 5.41) is 4.35. The minimum atomic E-state index is -1.89. The molecule has 0 heterocycles. The van der Waals surface area contributed by atoms with Crippen LogP contribution in [0.25, 0.3) is 0 Å². The number of anilines is 1. The number of nitrogens with one attached hydrogen (secondary N) is 2. The number of carbonyl (C=O) groups is 2. The lowest BCUT2D eigenvalue weighted by Crippen LogP contribution is -2.35. The minimum absolute atomic E-state index is 0.0688. The smallest absolute Gasteiger partial charge is 0.257 e. The van der Waals surface area contributed by atoms with Gasteiger partial charge in [-0.2, -0.15) is 0 Å². The summed E-state index contributed by atoms with van der Waals surface area (Å²) >= 11 is 0. The largest absolute Gasteiger partial charge is 0.394 e. The molecule has 0 saturated carbocycles. The van der Waals surface area contributed by atoms with Crippen LogP contribution in [0.4, 0.5) is 23.2 Å². The van der Waals surface area contributed by atoms with E-state index in [-0.39, 0.29) is 18.7 Å². The molecule has 0 aliphatic heterocycles. The highest BCUT2D eigenvalue weighted by atomic mass is 19.2. The van der Waals surface area contributed by atoms with Gasteiger partial charge in [-0.1, -0.05) is 6.58 Å². The molecule has 0 aromatic heterocycles. The quantitative estimate of drug-likeness (QED) is 0.251. The third-order valence-corrected chi connectivity index (χ3v) is 2.61. The van der Waals surface area contributed by atoms with E-state index < -0.39 is 46.3 Å². The Morgan fingerprint density at radius 3 is 1.91 bits per heavy atom. The molecule has 0 atom stereocenters. The van der Waals surface area contributed by atoms with Gasteiger partial charge in [0.15, 0.2) is 23.3 Å². The Hall–Kier alpha value is -2.58. The Kier molecular flexibility index (Phi) is 5.50. The third kappa shape index (κ3) is 3.54. The van der Waals surface area contributed by atoms with Gasteiger partial charge in [-0.15, -0.1) is 0 Å². The Labute approximate surface area is 123 Å². The first-order valence-electron chi connectivity index (χ1n) is 6.01. The van der Waals surface area contributed by atoms with Crippen molar-refractivity contribution in [1.29, 1.82) is 0 Å². The van der Waals surface area contributed by atoms with Crippen molar-refractivity contribution in [3.05, 3.63) is 41.0 Å². The van der Waals surface area contributed by atoms with Crippen LogP contribution in [0.3, 0.4) is 0 Å². The molecule has 4 N–H and O–H groups in total. The molecule has 9 heteroatoms. The number of hydrogen-bond acceptors (Lipinski definition) is 3. The number of carbonyl (C=O) groups excluding carboxylic acids is 2. The highest BCUT2D eigenvalue weighted by molar-refractivity contribution is 5.95. The van der Waals surface area contributed by atoms with Crippen LogP contribution in [-0.2, 0) is 4.79 Å². The second kappa shape index (κ2) is 6.92. The lowest BCUT2D eigenvalue weighted by atomic mass is 10.1. The molecule has 1 aromatic rings. The van der Waals surface area contributed by atoms with Crippen LogP contribution in [0.2, 0.25) is 0 Å². The molecule has 0 aliphatic carbocycles. The summed E-state index contributed by atoms with van der Waals surface area (Å²) in [6, 6.07) is 0. The van der Waals surface area contributed by atoms with Gasteiger partial charge >= 0.3 is 0 Å². The van der Waals surface area contributed by atoms with E-state index in [1.807, 2.05) is 5.32 Å². The van der Waals surface area contributed by atoms with Gasteiger partial charge in [-0.05, 0) is 6.92 Å². The first kappa shape index (κ1) is 17.5. The lowest BCUT2D eigenvalue weighted by molar-refractivity contribution is -0.117. The molecular formula is C13H13F4N3O2. The van der Waals surface area contributed by atoms with Crippen LogP contribution in [0, 0.1) is 23.3 Å². The Morgan fingerprint density at radius 2 is 1.45 bits per heavy atom. The van der Waals surface area contributed by atoms with E-state index in [2.05, 4.69) is 11.9 Å². The maximum absolute atomic E-state index is 13.5. The van der Waals surface area contributed by atoms with Crippen LogP contribution in [-0.4, -0.2) is 24.9 Å². The number of rotatable bonds is 5. The highest BCUT2D eigenvalue weighted by Gasteiger charge is 2.27. The summed E-state index contributed by atoms with van der Waals surface area (Å²) in [6.45, 7) is 4.54. The van der Waals surface area contributed by atoms with E-state index in [0.29, 0.717) is 0 Å². The van der Waals surface area contributed by atoms with Gasteiger partial charge in [0.05, 0.1) is 0 Å². The molecule has 1 rings (SSSR count). The fraction of sp³-hybridized carbons (Fsp3) is 0.231. The van der Waals surface area contributed by atoms with Gasteiger partial charge in [-0.3, -0.25) is 9.59 Å². The second-order valence-corrected chi connectivity index (χ2v) is 4.34. The van der Waals surface area contributed by atoms with Crippen LogP contribution >= 0.6 is 0 Å². The minimum Gasteiger partial charge on any atom is -0.394 e. The lowest BCUT2D eigenvalue weighted by Gasteiger charge is -2.10. The van der Waals surface area contributed by atoms with Crippen molar-refractivity contribution < 1.29 is 27.2 Å². The molecular weight excluding hydrogens is 306 g/mol. The Bertz CT molecular complexity index is 618. The number of nitrogens with two attached hydrogens (primary N) is 1. The van der Waals surface area contributed by atoms with Gasteiger partial charge in [0, 0.05) is 18.7 Å². The molecule has 22 heavy (non-hydrogen) atoms. The zero-order valence-corrected chi connectivity index (χ0v) is 11.5. The molecule has 0 fully saturated rings. The summed E-state index contributed by atoms with van der Waals surface area (Å²) < 4.78 is 53.4. The van der Waals surface area contributed by atoms with Gasteiger partial charge in [0.25, 0.3) is 5.91 Å². The van der Waals surface area contributed by atoms with Crippen molar-refractivity contribution in [2.75, 3.05) is 18.8 Å². The normalized spacial score (nSPS) is 10.2. The first-order chi connectivity index (χ1) is 10.2. The predicted molar refractivity (Wildman–Crippen MR) is 70.8 cm³/mol. The molecule has 0 saturated heterocycles. The fourth-order valence-corrected chi connectivity index (χ4v) is 1.44. The highest BCUT2D eigenvalue weighted by Crippen LogP contribution is 2.25. The molecule has 0 radical (unpaired) electrons. The molecule has 0 aliphatic rings. The van der Waals surface area contributed by atoms with Gasteiger partial charge in [0.1, 0.15) is 11.3 Å². The van der Waals surface area contributed by atoms with Crippen molar-refractivity contribution in [1.82, 2.24) is 10.6 Å². The number of benzene rings is 1. The molecule has 0 spiro atoms. The Morgan fingerprint density at radius 1 is 1.00 bits per heavy atom. The van der Waals surface area contributed by atoms with E-state index in [1.165, 1.54) is 6.92 Å². The third-order valence-electron chi connectivity index (χ3n) is 2.61. The van der Waals surface area contributed by atoms with E-state index in [1.54, 1.807) is 0 Å². The average molecular weight is 319 g/mol. The van der Waals surface area contributed by atoms with Crippen LogP contribution in [0.15, 0.2) is 12.2 Å². The van der Waals surface area contributed by atoms with Gasteiger partial charge in [-0.25, -0.2) is 17.6 Å². The van der Waals surface area contributed by atoms with Crippen molar-refractivity contribution >= 4 is 17.5 Å². The second-order valence-electron chi connectivity index (χ2n) is 4.34. The van der Waals surface area contributed by atoms with Crippen LogP contribution in [0.1, 0.15) is 17.3 Å². The number of halogens is 4. The zero-order chi connectivity index (χ0) is 17.0. The summed E-state index contributed by atoms with van der Waals surface area (Å²) in [4.78, 5) is 22.7. The average Bonchev–Trinajstić information content (AvgIpc) is 2.47. The summed E-state index contributed by atoms with van der Waals surface area (Å²) in [5.41, 5.74) is 2.28. The molecule has 0 unspecified atom stereocenters. The van der Waals surface area contributed by atoms with Crippen molar-refractivity contribution in [2.45, 2.75) is 6.92 Å². The number of hydrogen-bond donors (Lipinski definition) is 3. The molecule has 1 aromatic carbocycles. The van der Waals surface area contributed by atoms with Gasteiger partial charge < -0.3 is 16.4 Å². The van der Waals surface area contributed by atoms with Crippen LogP contribution < -0.4 is 16.4 Å². The predicted octanol–water partition coefficient (Wildman–Crippen LogP) is 1.25. The molecule has 120 valence electrons. The monoisotopic (exact) mass is 319 g/mol. The number of nitrogen functional groups attached to an aromatic ring is 1. The van der Waals surface area contributed by atoms with E-state index in [4.69, 9.17) is 5.73 Å². The summed E-state index contributed by atoms with van der Waals surface area (Å²) in [6.07, 6.45) is 0. The van der Waals surface area contributed by atoms with Crippen molar-refractivity contribution in [3.63, 3.8) is 0 Å². The maximum Gasteiger partial charge on any atom is 0.257 e. The van der Waals surface area contributed by atoms with Crippen LogP contribution in [0.5, 0.6) is 0 Å². The van der Waals surface area contributed by atoms with E-state index >= 15 is 0 Å². The fourth-order valence-electron chi connectivity index (χ4n) is 1.44. The van der Waals surface area contributed by atoms with Crippen molar-refractivity contribution in [2.24, 2.45) is 0 Å². The Balaban J connectivity index is 2.79. The topological polar surface area (TPSA) is 84.2 Å².